The second kappa shape index (κ2) is 7.10. The molecule has 0 heterocycles. The van der Waals surface area contributed by atoms with Crippen molar-refractivity contribution in [2.75, 3.05) is 0 Å². The molecule has 0 aliphatic heterocycles. The van der Waals surface area contributed by atoms with Gasteiger partial charge < -0.3 is 0 Å². The van der Waals surface area contributed by atoms with E-state index in [9.17, 15) is 0 Å². The molecule has 5 heteroatoms. The molecule has 2 nitrogen and oxygen atoms in total. The van der Waals surface area contributed by atoms with Gasteiger partial charge in [0.1, 0.15) is 0 Å². The van der Waals surface area contributed by atoms with Crippen LogP contribution in [0.1, 0.15) is 0 Å². The fourth-order valence-corrected chi connectivity index (χ4v) is 2.45. The van der Waals surface area contributed by atoms with Crippen molar-refractivity contribution in [1.82, 2.24) is 0 Å². The number of hydrogen-bond acceptors (Lipinski definition) is 5. The smallest absolute Gasteiger partial charge is 0.0740 e. The Labute approximate surface area is 126 Å². The first-order chi connectivity index (χ1) is 9.31. The van der Waals surface area contributed by atoms with Crippen molar-refractivity contribution >= 4 is 57.9 Å². The summed E-state index contributed by atoms with van der Waals surface area (Å²) in [5, 5.41) is 4.70. The summed E-state index contributed by atoms with van der Waals surface area (Å²) in [4.78, 5) is 10.1. The van der Waals surface area contributed by atoms with E-state index in [0.717, 1.165) is 21.2 Å². The molecule has 0 spiro atoms. The maximum absolute atomic E-state index is 4.56. The highest BCUT2D eigenvalue weighted by atomic mass is 32.2. The van der Waals surface area contributed by atoms with Crippen LogP contribution in [-0.2, 0) is 0 Å². The Bertz CT molecular complexity index is 591. The monoisotopic (exact) mass is 300 g/mol. The number of thiocarbonyl (C=S) groups is 2. The molecule has 92 valence electrons. The molecule has 0 radical (unpaired) electrons. The van der Waals surface area contributed by atoms with E-state index in [0.29, 0.717) is 0 Å². The molecule has 0 unspecified atom stereocenters. The van der Waals surface area contributed by atoms with Crippen molar-refractivity contribution in [2.24, 2.45) is 9.98 Å². The first-order valence-electron chi connectivity index (χ1n) is 5.35. The minimum atomic E-state index is 0.810. The van der Waals surface area contributed by atoms with E-state index in [1.54, 1.807) is 11.8 Å². The number of nitrogens with zero attached hydrogens (tertiary/aromatic N) is 2. The third-order valence-corrected chi connectivity index (χ3v) is 3.46. The molecule has 0 bridgehead atoms. The molecule has 0 aliphatic carbocycles. The third-order valence-electron chi connectivity index (χ3n) is 2.26. The number of aliphatic imine (C=N–C) groups is 2. The van der Waals surface area contributed by atoms with Crippen LogP contribution in [0, 0.1) is 0 Å². The summed E-state index contributed by atoms with van der Waals surface area (Å²) in [6, 6.07) is 15.6. The minimum Gasteiger partial charge on any atom is -0.195 e. The topological polar surface area (TPSA) is 24.7 Å². The van der Waals surface area contributed by atoms with Gasteiger partial charge in [-0.15, -0.1) is 0 Å². The predicted octanol–water partition coefficient (Wildman–Crippen LogP) is 5.31. The number of hydrogen-bond donors (Lipinski definition) is 0. The summed E-state index contributed by atoms with van der Waals surface area (Å²) in [5.41, 5.74) is 1.62. The molecule has 0 saturated carbocycles. The molecule has 0 fully saturated rings. The van der Waals surface area contributed by atoms with Gasteiger partial charge >= 0.3 is 0 Å². The summed E-state index contributed by atoms with van der Waals surface area (Å²) in [5.74, 6) is 0. The van der Waals surface area contributed by atoms with Crippen molar-refractivity contribution in [3.63, 3.8) is 0 Å². The minimum absolute atomic E-state index is 0.810. The first kappa shape index (κ1) is 13.8. The Kier molecular flexibility index (Phi) is 5.16. The number of isothiocyanates is 2. The van der Waals surface area contributed by atoms with Gasteiger partial charge in [-0.2, -0.15) is 9.98 Å². The quantitative estimate of drug-likeness (QED) is 0.565. The van der Waals surface area contributed by atoms with Crippen LogP contribution in [0.5, 0.6) is 0 Å². The molecule has 0 atom stereocenters. The van der Waals surface area contributed by atoms with Crippen molar-refractivity contribution in [3.8, 4) is 0 Å². The van der Waals surface area contributed by atoms with Gasteiger partial charge in [-0.3, -0.25) is 0 Å². The van der Waals surface area contributed by atoms with E-state index < -0.39 is 0 Å². The Morgan fingerprint density at radius 3 is 1.37 bits per heavy atom. The lowest BCUT2D eigenvalue weighted by Crippen LogP contribution is -1.73. The Morgan fingerprint density at radius 1 is 0.684 bits per heavy atom. The molecular formula is C14H8N2S3. The summed E-state index contributed by atoms with van der Waals surface area (Å²) >= 11 is 10.8. The highest BCUT2D eigenvalue weighted by Gasteiger charge is 1.98. The third kappa shape index (κ3) is 4.21. The lowest BCUT2D eigenvalue weighted by Gasteiger charge is -2.02. The van der Waals surface area contributed by atoms with Crippen LogP contribution < -0.4 is 0 Å². The predicted molar refractivity (Wildman–Crippen MR) is 86.4 cm³/mol. The zero-order valence-electron chi connectivity index (χ0n) is 9.74. The van der Waals surface area contributed by atoms with E-state index in [-0.39, 0.29) is 0 Å². The largest absolute Gasteiger partial charge is 0.195 e. The number of benzene rings is 2. The van der Waals surface area contributed by atoms with Crippen LogP contribution in [0.4, 0.5) is 11.4 Å². The standard InChI is InChI=1S/C14H8N2S3/c17-9-15-11-1-5-13(6-2-11)19-14-7-3-12(4-8-14)16-10-18/h1-8H. The van der Waals surface area contributed by atoms with Crippen molar-refractivity contribution in [2.45, 2.75) is 9.79 Å². The SMILES string of the molecule is S=C=Nc1ccc(Sc2ccc(N=C=S)cc2)cc1. The van der Waals surface area contributed by atoms with E-state index in [1.807, 2.05) is 48.5 Å². The van der Waals surface area contributed by atoms with E-state index in [4.69, 9.17) is 0 Å². The van der Waals surface area contributed by atoms with Gasteiger partial charge in [-0.25, -0.2) is 0 Å². The highest BCUT2D eigenvalue weighted by Crippen LogP contribution is 2.30. The number of rotatable bonds is 4. The van der Waals surface area contributed by atoms with Gasteiger partial charge in [0.2, 0.25) is 0 Å². The van der Waals surface area contributed by atoms with Crippen LogP contribution in [-0.4, -0.2) is 10.3 Å². The Morgan fingerprint density at radius 2 is 1.05 bits per heavy atom. The zero-order chi connectivity index (χ0) is 13.5. The second-order valence-electron chi connectivity index (χ2n) is 3.50. The average molecular weight is 300 g/mol. The van der Waals surface area contributed by atoms with E-state index in [2.05, 4.69) is 44.7 Å². The van der Waals surface area contributed by atoms with Gasteiger partial charge in [-0.1, -0.05) is 11.8 Å². The van der Waals surface area contributed by atoms with E-state index >= 15 is 0 Å². The summed E-state index contributed by atoms with van der Waals surface area (Å²) in [6.45, 7) is 0. The molecule has 0 amide bonds. The van der Waals surface area contributed by atoms with Crippen molar-refractivity contribution in [3.05, 3.63) is 48.5 Å². The average Bonchev–Trinajstić information content (AvgIpc) is 2.44. The Balaban J connectivity index is 2.11. The molecule has 0 saturated heterocycles. The van der Waals surface area contributed by atoms with Gasteiger partial charge in [0, 0.05) is 9.79 Å². The maximum atomic E-state index is 4.56. The van der Waals surface area contributed by atoms with Crippen LogP contribution in [0.25, 0.3) is 0 Å². The normalized spacial score (nSPS) is 9.26. The zero-order valence-corrected chi connectivity index (χ0v) is 12.2. The van der Waals surface area contributed by atoms with Crippen LogP contribution >= 0.6 is 36.2 Å². The molecule has 2 aromatic rings. The highest BCUT2D eigenvalue weighted by molar-refractivity contribution is 7.99. The van der Waals surface area contributed by atoms with Crippen LogP contribution in [0.3, 0.4) is 0 Å². The fourth-order valence-electron chi connectivity index (χ4n) is 1.42. The molecule has 0 aromatic heterocycles. The summed E-state index contributed by atoms with van der Waals surface area (Å²) in [7, 11) is 0. The Hall–Kier alpha value is -1.61. The van der Waals surface area contributed by atoms with Crippen LogP contribution in [0.15, 0.2) is 68.3 Å². The molecule has 0 N–H and O–H groups in total. The first-order valence-corrected chi connectivity index (χ1v) is 6.99. The summed E-state index contributed by atoms with van der Waals surface area (Å²) < 4.78 is 0. The maximum Gasteiger partial charge on any atom is 0.0740 e. The van der Waals surface area contributed by atoms with Gasteiger partial charge in [0.25, 0.3) is 0 Å². The fraction of sp³-hybridized carbons (Fsp3) is 0. The summed E-state index contributed by atoms with van der Waals surface area (Å²) in [6.07, 6.45) is 0. The lowest BCUT2D eigenvalue weighted by atomic mass is 10.3. The van der Waals surface area contributed by atoms with Gasteiger partial charge in [0.05, 0.1) is 21.7 Å². The van der Waals surface area contributed by atoms with Gasteiger partial charge in [0.15, 0.2) is 0 Å². The van der Waals surface area contributed by atoms with Crippen molar-refractivity contribution < 1.29 is 0 Å². The second-order valence-corrected chi connectivity index (χ2v) is 5.01. The molecule has 2 aromatic carbocycles. The molecular weight excluding hydrogens is 292 g/mol. The molecule has 0 aliphatic rings. The van der Waals surface area contributed by atoms with E-state index in [1.165, 1.54) is 0 Å². The van der Waals surface area contributed by atoms with Crippen molar-refractivity contribution in [1.29, 1.82) is 0 Å². The molecule has 19 heavy (non-hydrogen) atoms. The lowest BCUT2D eigenvalue weighted by molar-refractivity contribution is 1.38. The molecule has 2 rings (SSSR count). The van der Waals surface area contributed by atoms with Crippen LogP contribution in [0.2, 0.25) is 0 Å². The van der Waals surface area contributed by atoms with Gasteiger partial charge in [-0.05, 0) is 73.0 Å².